The third kappa shape index (κ3) is 5.77. The van der Waals surface area contributed by atoms with E-state index in [0.717, 1.165) is 17.6 Å². The molecule has 6 nitrogen and oxygen atoms in total. The van der Waals surface area contributed by atoms with Crippen LogP contribution < -0.4 is 10.6 Å². The number of likely N-dealkylation sites (tertiary alicyclic amines) is 1. The Labute approximate surface area is 169 Å². The number of alkyl halides is 1. The topological polar surface area (TPSA) is 81.7 Å². The molecule has 0 radical (unpaired) electrons. The van der Waals surface area contributed by atoms with Crippen LogP contribution in [0.5, 0.6) is 0 Å². The van der Waals surface area contributed by atoms with Gasteiger partial charge in [0.1, 0.15) is 0 Å². The molecule has 7 heteroatoms. The van der Waals surface area contributed by atoms with E-state index in [4.69, 9.17) is 5.11 Å². The summed E-state index contributed by atoms with van der Waals surface area (Å²) in [6.07, 6.45) is 9.19. The van der Waals surface area contributed by atoms with Gasteiger partial charge in [-0.2, -0.15) is 0 Å². The SMILES string of the molecule is CC1=CC=C(CNC(=O)Nc2ccc(CC(=O)N3CC(F)(CO)C3)cc2)C=CC1. The molecule has 29 heavy (non-hydrogen) atoms. The normalized spacial score (nSPS) is 17.6. The van der Waals surface area contributed by atoms with Crippen molar-refractivity contribution in [1.29, 1.82) is 0 Å². The number of urea groups is 1. The number of halogens is 1. The van der Waals surface area contributed by atoms with E-state index < -0.39 is 12.3 Å². The summed E-state index contributed by atoms with van der Waals surface area (Å²) in [4.78, 5) is 25.6. The Hall–Kier alpha value is -2.93. The number of aliphatic hydroxyl groups is 1. The molecule has 1 aliphatic carbocycles. The minimum Gasteiger partial charge on any atom is -0.393 e. The number of benzene rings is 1. The molecule has 3 amide bonds. The Morgan fingerprint density at radius 2 is 1.93 bits per heavy atom. The zero-order chi connectivity index (χ0) is 20.9. The Bertz CT molecular complexity index is 853. The first-order valence-corrected chi connectivity index (χ1v) is 9.61. The van der Waals surface area contributed by atoms with Crippen molar-refractivity contribution >= 4 is 17.6 Å². The Morgan fingerprint density at radius 3 is 2.62 bits per heavy atom. The molecule has 1 aromatic carbocycles. The van der Waals surface area contributed by atoms with Gasteiger partial charge in [-0.15, -0.1) is 0 Å². The van der Waals surface area contributed by atoms with Gasteiger partial charge in [0, 0.05) is 12.2 Å². The average molecular weight is 399 g/mol. The molecule has 0 bridgehead atoms. The zero-order valence-corrected chi connectivity index (χ0v) is 16.5. The molecule has 1 heterocycles. The highest BCUT2D eigenvalue weighted by molar-refractivity contribution is 5.89. The Kier molecular flexibility index (Phi) is 6.49. The number of anilines is 1. The maximum absolute atomic E-state index is 13.7. The van der Waals surface area contributed by atoms with Crippen LogP contribution >= 0.6 is 0 Å². The molecule has 0 saturated carbocycles. The summed E-state index contributed by atoms with van der Waals surface area (Å²) in [5.74, 6) is -0.181. The smallest absolute Gasteiger partial charge is 0.319 e. The monoisotopic (exact) mass is 399 g/mol. The van der Waals surface area contributed by atoms with Gasteiger partial charge >= 0.3 is 6.03 Å². The number of carbonyl (C=O) groups excluding carboxylic acids is 2. The number of hydrogen-bond donors (Lipinski definition) is 3. The summed E-state index contributed by atoms with van der Waals surface area (Å²) in [6, 6.07) is 6.65. The first kappa shape index (κ1) is 20.8. The van der Waals surface area contributed by atoms with Crippen molar-refractivity contribution < 1.29 is 19.1 Å². The third-order valence-electron chi connectivity index (χ3n) is 4.96. The van der Waals surface area contributed by atoms with Gasteiger partial charge in [0.25, 0.3) is 0 Å². The lowest BCUT2D eigenvalue weighted by molar-refractivity contribution is -0.147. The second kappa shape index (κ2) is 9.05. The largest absolute Gasteiger partial charge is 0.393 e. The van der Waals surface area contributed by atoms with E-state index in [2.05, 4.69) is 23.6 Å². The number of nitrogens with one attached hydrogen (secondary N) is 2. The third-order valence-corrected chi connectivity index (χ3v) is 4.96. The lowest BCUT2D eigenvalue weighted by atomic mass is 9.96. The molecular formula is C22H26FN3O3. The van der Waals surface area contributed by atoms with Gasteiger partial charge in [0.15, 0.2) is 5.67 Å². The fourth-order valence-electron chi connectivity index (χ4n) is 3.15. The molecule has 2 aliphatic rings. The van der Waals surface area contributed by atoms with Crippen LogP contribution in [0.25, 0.3) is 0 Å². The molecule has 154 valence electrons. The van der Waals surface area contributed by atoms with Gasteiger partial charge in [-0.3, -0.25) is 4.79 Å². The summed E-state index contributed by atoms with van der Waals surface area (Å²) in [6.45, 7) is 1.79. The maximum Gasteiger partial charge on any atom is 0.319 e. The van der Waals surface area contributed by atoms with Gasteiger partial charge in [-0.25, -0.2) is 9.18 Å². The van der Waals surface area contributed by atoms with Gasteiger partial charge in [-0.05, 0) is 36.6 Å². The number of hydrogen-bond acceptors (Lipinski definition) is 3. The van der Waals surface area contributed by atoms with Crippen LogP contribution in [-0.2, 0) is 11.2 Å². The van der Waals surface area contributed by atoms with Crippen molar-refractivity contribution in [3.8, 4) is 0 Å². The molecule has 3 N–H and O–H groups in total. The number of carbonyl (C=O) groups is 2. The molecule has 1 saturated heterocycles. The van der Waals surface area contributed by atoms with Crippen LogP contribution in [0.15, 0.2) is 59.7 Å². The van der Waals surface area contributed by atoms with Gasteiger partial charge < -0.3 is 20.6 Å². The van der Waals surface area contributed by atoms with Crippen LogP contribution in [0.2, 0.25) is 0 Å². The summed E-state index contributed by atoms with van der Waals surface area (Å²) in [5.41, 5.74) is 2.03. The van der Waals surface area contributed by atoms with Gasteiger partial charge in [-0.1, -0.05) is 42.0 Å². The van der Waals surface area contributed by atoms with E-state index in [9.17, 15) is 14.0 Å². The van der Waals surface area contributed by atoms with Crippen molar-refractivity contribution in [3.63, 3.8) is 0 Å². The summed E-state index contributed by atoms with van der Waals surface area (Å²) < 4.78 is 13.7. The highest BCUT2D eigenvalue weighted by Gasteiger charge is 2.45. The molecule has 1 aliphatic heterocycles. The van der Waals surface area contributed by atoms with Crippen LogP contribution in [-0.4, -0.2) is 53.9 Å². The molecule has 1 fully saturated rings. The van der Waals surface area contributed by atoms with E-state index in [1.807, 2.05) is 18.2 Å². The lowest BCUT2D eigenvalue weighted by Gasteiger charge is -2.43. The van der Waals surface area contributed by atoms with E-state index in [-0.39, 0.29) is 31.4 Å². The predicted molar refractivity (Wildman–Crippen MR) is 110 cm³/mol. The fourth-order valence-corrected chi connectivity index (χ4v) is 3.15. The zero-order valence-electron chi connectivity index (χ0n) is 16.5. The Balaban J connectivity index is 1.44. The van der Waals surface area contributed by atoms with Crippen molar-refractivity contribution in [2.45, 2.75) is 25.4 Å². The molecule has 3 rings (SSSR count). The number of allylic oxidation sites excluding steroid dienone is 4. The average Bonchev–Trinajstić information content (AvgIpc) is 2.89. The molecule has 0 atom stereocenters. The highest BCUT2D eigenvalue weighted by atomic mass is 19.1. The van der Waals surface area contributed by atoms with Crippen LogP contribution in [0.3, 0.4) is 0 Å². The van der Waals surface area contributed by atoms with Crippen molar-refractivity contribution in [2.24, 2.45) is 0 Å². The first-order chi connectivity index (χ1) is 13.9. The standard InChI is InChI=1S/C22H26FN3O3/c1-16-3-2-4-18(6-5-16)12-24-21(29)25-19-9-7-17(8-10-19)11-20(28)26-13-22(23,14-26)15-27/h2,4-10,27H,3,11-15H2,1H3,(H2,24,25,29). The maximum atomic E-state index is 13.7. The molecule has 0 aromatic heterocycles. The van der Waals surface area contributed by atoms with Crippen molar-refractivity contribution in [1.82, 2.24) is 10.2 Å². The molecule has 0 unspecified atom stereocenters. The van der Waals surface area contributed by atoms with E-state index in [0.29, 0.717) is 12.2 Å². The molecule has 0 spiro atoms. The first-order valence-electron chi connectivity index (χ1n) is 9.61. The van der Waals surface area contributed by atoms with Crippen LogP contribution in [0.4, 0.5) is 14.9 Å². The van der Waals surface area contributed by atoms with E-state index >= 15 is 0 Å². The van der Waals surface area contributed by atoms with E-state index in [1.54, 1.807) is 24.3 Å². The fraction of sp³-hybridized carbons (Fsp3) is 0.364. The predicted octanol–water partition coefficient (Wildman–Crippen LogP) is 2.73. The second-order valence-electron chi connectivity index (χ2n) is 7.60. The number of aliphatic hydroxyl groups excluding tert-OH is 1. The Morgan fingerprint density at radius 1 is 1.21 bits per heavy atom. The number of amides is 3. The van der Waals surface area contributed by atoms with Crippen molar-refractivity contribution in [2.75, 3.05) is 31.6 Å². The lowest BCUT2D eigenvalue weighted by Crippen LogP contribution is -2.63. The molecular weight excluding hydrogens is 373 g/mol. The number of rotatable bonds is 6. The molecule has 1 aromatic rings. The van der Waals surface area contributed by atoms with E-state index in [1.165, 1.54) is 10.5 Å². The summed E-state index contributed by atoms with van der Waals surface area (Å²) >= 11 is 0. The summed E-state index contributed by atoms with van der Waals surface area (Å²) in [5, 5.41) is 14.5. The van der Waals surface area contributed by atoms with Crippen molar-refractivity contribution in [3.05, 3.63) is 65.3 Å². The summed E-state index contributed by atoms with van der Waals surface area (Å²) in [7, 11) is 0. The van der Waals surface area contributed by atoms with Gasteiger partial charge in [0.05, 0.1) is 26.1 Å². The second-order valence-corrected chi connectivity index (χ2v) is 7.60. The van der Waals surface area contributed by atoms with Crippen LogP contribution in [0, 0.1) is 0 Å². The minimum atomic E-state index is -1.66. The van der Waals surface area contributed by atoms with Crippen LogP contribution in [0.1, 0.15) is 18.9 Å². The highest BCUT2D eigenvalue weighted by Crippen LogP contribution is 2.25. The minimum absolute atomic E-state index is 0.0663. The number of nitrogens with zero attached hydrogens (tertiary/aromatic N) is 1. The van der Waals surface area contributed by atoms with Gasteiger partial charge in [0.2, 0.25) is 5.91 Å². The quantitative estimate of drug-likeness (QED) is 0.688.